The van der Waals surface area contributed by atoms with Gasteiger partial charge in [0.2, 0.25) is 0 Å². The summed E-state index contributed by atoms with van der Waals surface area (Å²) in [5.74, 6) is 0.374. The lowest BCUT2D eigenvalue weighted by Gasteiger charge is -2.28. The Morgan fingerprint density at radius 1 is 1.11 bits per heavy atom. The fourth-order valence-corrected chi connectivity index (χ4v) is 3.33. The number of carbonyl (C=O) groups excluding carboxylic acids is 1. The molecule has 1 aliphatic heterocycles. The van der Waals surface area contributed by atoms with E-state index >= 15 is 0 Å². The van der Waals surface area contributed by atoms with E-state index in [1.165, 1.54) is 0 Å². The first kappa shape index (κ1) is 18.6. The number of morpholine rings is 1. The van der Waals surface area contributed by atoms with Gasteiger partial charge in [-0.15, -0.1) is 0 Å². The minimum absolute atomic E-state index is 0.257. The summed E-state index contributed by atoms with van der Waals surface area (Å²) < 4.78 is 8.17. The van der Waals surface area contributed by atoms with Crippen LogP contribution in [0.2, 0.25) is 0 Å². The Kier molecular flexibility index (Phi) is 5.68. The van der Waals surface area contributed by atoms with Gasteiger partial charge in [-0.3, -0.25) is 9.78 Å². The van der Waals surface area contributed by atoms with Gasteiger partial charge in [-0.25, -0.2) is 4.68 Å². The van der Waals surface area contributed by atoms with Crippen molar-refractivity contribution >= 4 is 33.3 Å². The van der Waals surface area contributed by atoms with Gasteiger partial charge in [0.05, 0.1) is 26.0 Å². The number of nitrogens with zero attached hydrogens (tertiary/aromatic N) is 4. The van der Waals surface area contributed by atoms with Crippen LogP contribution in [0.4, 0.5) is 11.5 Å². The van der Waals surface area contributed by atoms with Gasteiger partial charge in [0.25, 0.3) is 5.91 Å². The summed E-state index contributed by atoms with van der Waals surface area (Å²) in [4.78, 5) is 19.2. The number of pyridine rings is 1. The molecular formula is C20H20BrN5O2. The molecule has 144 valence electrons. The SMILES string of the molecule is O=C(Nc1ccnn1Cc1ccc(Br)cc1)c1cc(N2CCOCC2)ccn1. The highest BCUT2D eigenvalue weighted by molar-refractivity contribution is 9.10. The van der Waals surface area contributed by atoms with Crippen LogP contribution in [0.3, 0.4) is 0 Å². The highest BCUT2D eigenvalue weighted by Crippen LogP contribution is 2.18. The van der Waals surface area contributed by atoms with Crippen LogP contribution in [0.5, 0.6) is 0 Å². The molecule has 2 aromatic heterocycles. The minimum atomic E-state index is -0.257. The largest absolute Gasteiger partial charge is 0.378 e. The second-order valence-corrected chi connectivity index (χ2v) is 7.37. The molecule has 0 unspecified atom stereocenters. The Morgan fingerprint density at radius 2 is 1.89 bits per heavy atom. The van der Waals surface area contributed by atoms with Crippen LogP contribution in [0.25, 0.3) is 0 Å². The highest BCUT2D eigenvalue weighted by Gasteiger charge is 2.15. The molecule has 1 fully saturated rings. The van der Waals surface area contributed by atoms with Crippen LogP contribution in [0, 0.1) is 0 Å². The molecule has 1 aromatic carbocycles. The Morgan fingerprint density at radius 3 is 2.68 bits per heavy atom. The molecule has 28 heavy (non-hydrogen) atoms. The molecule has 0 saturated carbocycles. The summed E-state index contributed by atoms with van der Waals surface area (Å²) in [7, 11) is 0. The molecule has 3 heterocycles. The van der Waals surface area contributed by atoms with Gasteiger partial charge >= 0.3 is 0 Å². The number of carbonyl (C=O) groups is 1. The molecule has 0 radical (unpaired) electrons. The number of ether oxygens (including phenoxy) is 1. The quantitative estimate of drug-likeness (QED) is 0.657. The van der Waals surface area contributed by atoms with Crippen molar-refractivity contribution in [2.75, 3.05) is 36.5 Å². The summed E-state index contributed by atoms with van der Waals surface area (Å²) in [5.41, 5.74) is 2.45. The molecule has 4 rings (SSSR count). The molecular weight excluding hydrogens is 422 g/mol. The number of nitrogens with one attached hydrogen (secondary N) is 1. The van der Waals surface area contributed by atoms with E-state index in [9.17, 15) is 4.79 Å². The van der Waals surface area contributed by atoms with Gasteiger partial charge in [0.15, 0.2) is 0 Å². The number of anilines is 2. The van der Waals surface area contributed by atoms with Crippen LogP contribution < -0.4 is 10.2 Å². The number of hydrogen-bond acceptors (Lipinski definition) is 5. The predicted molar refractivity (Wildman–Crippen MR) is 111 cm³/mol. The molecule has 3 aromatic rings. The third-order valence-electron chi connectivity index (χ3n) is 4.56. The first-order chi connectivity index (χ1) is 13.7. The maximum Gasteiger partial charge on any atom is 0.275 e. The van der Waals surface area contributed by atoms with Gasteiger partial charge in [0, 0.05) is 35.5 Å². The first-order valence-corrected chi connectivity index (χ1v) is 9.85. The van der Waals surface area contributed by atoms with Crippen LogP contribution in [0.1, 0.15) is 16.1 Å². The molecule has 1 N–H and O–H groups in total. The monoisotopic (exact) mass is 441 g/mol. The van der Waals surface area contributed by atoms with E-state index in [0.29, 0.717) is 31.3 Å². The average Bonchev–Trinajstić information content (AvgIpc) is 3.17. The molecule has 0 bridgehead atoms. The Balaban J connectivity index is 1.47. The maximum atomic E-state index is 12.7. The van der Waals surface area contributed by atoms with E-state index in [1.54, 1.807) is 23.1 Å². The summed E-state index contributed by atoms with van der Waals surface area (Å²) in [6, 6.07) is 13.5. The summed E-state index contributed by atoms with van der Waals surface area (Å²) >= 11 is 3.43. The summed E-state index contributed by atoms with van der Waals surface area (Å²) in [6.07, 6.45) is 3.34. The lowest BCUT2D eigenvalue weighted by Crippen LogP contribution is -2.36. The topological polar surface area (TPSA) is 72.3 Å². The van der Waals surface area contributed by atoms with Gasteiger partial charge in [-0.05, 0) is 29.8 Å². The zero-order valence-electron chi connectivity index (χ0n) is 15.2. The number of hydrogen-bond donors (Lipinski definition) is 1. The second-order valence-electron chi connectivity index (χ2n) is 6.45. The van der Waals surface area contributed by atoms with Gasteiger partial charge < -0.3 is 15.0 Å². The van der Waals surface area contributed by atoms with Gasteiger partial charge in [-0.2, -0.15) is 5.10 Å². The van der Waals surface area contributed by atoms with Crippen molar-refractivity contribution in [1.82, 2.24) is 14.8 Å². The zero-order valence-corrected chi connectivity index (χ0v) is 16.8. The molecule has 1 amide bonds. The smallest absolute Gasteiger partial charge is 0.275 e. The van der Waals surface area contributed by atoms with Crippen molar-refractivity contribution in [2.45, 2.75) is 6.54 Å². The average molecular weight is 442 g/mol. The first-order valence-electron chi connectivity index (χ1n) is 9.05. The van der Waals surface area contributed by atoms with Crippen LogP contribution >= 0.6 is 15.9 Å². The Bertz CT molecular complexity index is 951. The predicted octanol–water partition coefficient (Wildman–Crippen LogP) is 3.18. The van der Waals surface area contributed by atoms with Crippen LogP contribution in [-0.4, -0.2) is 47.0 Å². The summed E-state index contributed by atoms with van der Waals surface area (Å²) in [5, 5.41) is 7.23. The minimum Gasteiger partial charge on any atom is -0.378 e. The van der Waals surface area contributed by atoms with Crippen molar-refractivity contribution < 1.29 is 9.53 Å². The molecule has 0 spiro atoms. The van der Waals surface area contributed by atoms with Crippen LogP contribution in [0.15, 0.2) is 59.3 Å². The van der Waals surface area contributed by atoms with Gasteiger partial charge in [-0.1, -0.05) is 28.1 Å². The molecule has 0 aliphatic carbocycles. The van der Waals surface area contributed by atoms with E-state index in [0.717, 1.165) is 28.8 Å². The van der Waals surface area contributed by atoms with E-state index in [2.05, 4.69) is 36.2 Å². The number of rotatable bonds is 5. The number of benzene rings is 1. The standard InChI is InChI=1S/C20H20BrN5O2/c21-16-3-1-15(2-4-16)14-26-19(6-8-23-26)24-20(27)18-13-17(5-7-22-18)25-9-11-28-12-10-25/h1-8,13H,9-12,14H2,(H,24,27). The molecule has 1 saturated heterocycles. The van der Waals surface area contributed by atoms with E-state index < -0.39 is 0 Å². The van der Waals surface area contributed by atoms with E-state index in [4.69, 9.17) is 4.74 Å². The van der Waals surface area contributed by atoms with Crippen molar-refractivity contribution in [3.63, 3.8) is 0 Å². The lowest BCUT2D eigenvalue weighted by atomic mass is 10.2. The third-order valence-corrected chi connectivity index (χ3v) is 5.08. The third kappa shape index (κ3) is 4.40. The number of aromatic nitrogens is 3. The van der Waals surface area contributed by atoms with Crippen molar-refractivity contribution in [3.8, 4) is 0 Å². The highest BCUT2D eigenvalue weighted by atomic mass is 79.9. The Labute approximate surface area is 171 Å². The molecule has 0 atom stereocenters. The molecule has 8 heteroatoms. The number of amides is 1. The van der Waals surface area contributed by atoms with E-state index in [1.807, 2.05) is 36.4 Å². The van der Waals surface area contributed by atoms with Crippen molar-refractivity contribution in [3.05, 3.63) is 70.6 Å². The fourth-order valence-electron chi connectivity index (χ4n) is 3.07. The summed E-state index contributed by atoms with van der Waals surface area (Å²) in [6.45, 7) is 3.57. The fraction of sp³-hybridized carbons (Fsp3) is 0.250. The normalized spacial score (nSPS) is 14.1. The molecule has 1 aliphatic rings. The Hall–Kier alpha value is -2.71. The second kappa shape index (κ2) is 8.53. The zero-order chi connectivity index (χ0) is 19.3. The van der Waals surface area contributed by atoms with Gasteiger partial charge in [0.1, 0.15) is 11.5 Å². The van der Waals surface area contributed by atoms with Crippen molar-refractivity contribution in [2.24, 2.45) is 0 Å². The van der Waals surface area contributed by atoms with E-state index in [-0.39, 0.29) is 5.91 Å². The van der Waals surface area contributed by atoms with Crippen LogP contribution in [-0.2, 0) is 11.3 Å². The number of halogens is 1. The maximum absolute atomic E-state index is 12.7. The molecule has 7 nitrogen and oxygen atoms in total. The van der Waals surface area contributed by atoms with Crippen molar-refractivity contribution in [1.29, 1.82) is 0 Å². The lowest BCUT2D eigenvalue weighted by molar-refractivity contribution is 0.102.